The Morgan fingerprint density at radius 1 is 1.31 bits per heavy atom. The zero-order chi connectivity index (χ0) is 12.0. The van der Waals surface area contributed by atoms with Gasteiger partial charge in [-0.15, -0.1) is 0 Å². The molecule has 1 atom stereocenters. The zero-order valence-corrected chi connectivity index (χ0v) is 10.0. The summed E-state index contributed by atoms with van der Waals surface area (Å²) in [5.41, 5.74) is 0. The lowest BCUT2D eigenvalue weighted by atomic mass is 10.2. The van der Waals surface area contributed by atoms with E-state index in [2.05, 4.69) is 0 Å². The van der Waals surface area contributed by atoms with Crippen LogP contribution in [0, 0.1) is 11.3 Å². The maximum atomic E-state index is 9.28. The van der Waals surface area contributed by atoms with E-state index < -0.39 is 6.10 Å². The van der Waals surface area contributed by atoms with E-state index in [4.69, 9.17) is 33.2 Å². The summed E-state index contributed by atoms with van der Waals surface area (Å²) in [7, 11) is 0. The Kier molecular flexibility index (Phi) is 5.41. The third-order valence-electron chi connectivity index (χ3n) is 1.88. The van der Waals surface area contributed by atoms with Crippen molar-refractivity contribution in [2.45, 2.75) is 18.9 Å². The Morgan fingerprint density at radius 2 is 1.94 bits per heavy atom. The standard InChI is InChI=1S/C11H11Cl2NO2/c12-8-5-9(13)7-11(6-8)16-4-2-10(15)1-3-14/h5-7,10,15H,1-2,4H2. The van der Waals surface area contributed by atoms with Gasteiger partial charge in [0.2, 0.25) is 0 Å². The van der Waals surface area contributed by atoms with Crippen LogP contribution < -0.4 is 4.74 Å². The van der Waals surface area contributed by atoms with Crippen LogP contribution in [-0.4, -0.2) is 17.8 Å². The second-order valence-electron chi connectivity index (χ2n) is 3.26. The van der Waals surface area contributed by atoms with E-state index in [1.54, 1.807) is 18.2 Å². The van der Waals surface area contributed by atoms with Gasteiger partial charge in [-0.1, -0.05) is 23.2 Å². The Labute approximate surface area is 104 Å². The van der Waals surface area contributed by atoms with Gasteiger partial charge in [-0.2, -0.15) is 5.26 Å². The number of rotatable bonds is 5. The summed E-state index contributed by atoms with van der Waals surface area (Å²) >= 11 is 11.6. The summed E-state index contributed by atoms with van der Waals surface area (Å²) in [6, 6.07) is 6.78. The fraction of sp³-hybridized carbons (Fsp3) is 0.364. The molecule has 1 aromatic carbocycles. The largest absolute Gasteiger partial charge is 0.493 e. The van der Waals surface area contributed by atoms with E-state index in [1.807, 2.05) is 6.07 Å². The van der Waals surface area contributed by atoms with Gasteiger partial charge in [0.1, 0.15) is 5.75 Å². The predicted molar refractivity (Wildman–Crippen MR) is 62.8 cm³/mol. The van der Waals surface area contributed by atoms with Crippen molar-refractivity contribution in [3.63, 3.8) is 0 Å². The van der Waals surface area contributed by atoms with Gasteiger partial charge in [-0.25, -0.2) is 0 Å². The molecule has 0 saturated heterocycles. The van der Waals surface area contributed by atoms with Crippen LogP contribution in [0.3, 0.4) is 0 Å². The Balaban J connectivity index is 2.40. The average Bonchev–Trinajstić information content (AvgIpc) is 2.16. The fourth-order valence-electron chi connectivity index (χ4n) is 1.13. The minimum Gasteiger partial charge on any atom is -0.493 e. The van der Waals surface area contributed by atoms with Crippen molar-refractivity contribution < 1.29 is 9.84 Å². The molecule has 0 bridgehead atoms. The molecule has 86 valence electrons. The number of nitrogens with zero attached hydrogens (tertiary/aromatic N) is 1. The molecule has 1 aromatic rings. The number of hydrogen-bond donors (Lipinski definition) is 1. The summed E-state index contributed by atoms with van der Waals surface area (Å²) in [5, 5.41) is 18.6. The van der Waals surface area contributed by atoms with Crippen molar-refractivity contribution in [3.8, 4) is 11.8 Å². The monoisotopic (exact) mass is 259 g/mol. The molecule has 0 saturated carbocycles. The van der Waals surface area contributed by atoms with Crippen molar-refractivity contribution in [2.24, 2.45) is 0 Å². The number of aliphatic hydroxyl groups excluding tert-OH is 1. The second-order valence-corrected chi connectivity index (χ2v) is 4.13. The first-order valence-electron chi connectivity index (χ1n) is 4.75. The molecule has 0 amide bonds. The lowest BCUT2D eigenvalue weighted by Crippen LogP contribution is -2.11. The smallest absolute Gasteiger partial charge is 0.122 e. The van der Waals surface area contributed by atoms with Gasteiger partial charge in [0, 0.05) is 16.5 Å². The molecule has 1 N–H and O–H groups in total. The van der Waals surface area contributed by atoms with Gasteiger partial charge in [0.25, 0.3) is 0 Å². The van der Waals surface area contributed by atoms with Crippen molar-refractivity contribution in [3.05, 3.63) is 28.2 Å². The van der Waals surface area contributed by atoms with Crippen LogP contribution >= 0.6 is 23.2 Å². The molecule has 0 aromatic heterocycles. The first-order valence-corrected chi connectivity index (χ1v) is 5.51. The normalized spacial score (nSPS) is 11.9. The van der Waals surface area contributed by atoms with E-state index in [9.17, 15) is 5.11 Å². The first kappa shape index (κ1) is 13.1. The van der Waals surface area contributed by atoms with Gasteiger partial charge < -0.3 is 9.84 Å². The Hall–Kier alpha value is -0.950. The van der Waals surface area contributed by atoms with Gasteiger partial charge in [0.15, 0.2) is 0 Å². The SMILES string of the molecule is N#CCC(O)CCOc1cc(Cl)cc(Cl)c1. The number of ether oxygens (including phenoxy) is 1. The van der Waals surface area contributed by atoms with Crippen LogP contribution in [-0.2, 0) is 0 Å². The molecule has 0 fully saturated rings. The number of hydrogen-bond acceptors (Lipinski definition) is 3. The van der Waals surface area contributed by atoms with E-state index in [-0.39, 0.29) is 6.42 Å². The van der Waals surface area contributed by atoms with E-state index in [0.29, 0.717) is 28.8 Å². The van der Waals surface area contributed by atoms with E-state index in [0.717, 1.165) is 0 Å². The van der Waals surface area contributed by atoms with Crippen LogP contribution in [0.1, 0.15) is 12.8 Å². The van der Waals surface area contributed by atoms with E-state index >= 15 is 0 Å². The molecule has 0 heterocycles. The quantitative estimate of drug-likeness (QED) is 0.885. The van der Waals surface area contributed by atoms with Crippen molar-refractivity contribution in [2.75, 3.05) is 6.61 Å². The van der Waals surface area contributed by atoms with Crippen LogP contribution in [0.15, 0.2) is 18.2 Å². The summed E-state index contributed by atoms with van der Waals surface area (Å²) in [5.74, 6) is 0.557. The fourth-order valence-corrected chi connectivity index (χ4v) is 1.64. The molecule has 0 spiro atoms. The molecule has 1 unspecified atom stereocenters. The van der Waals surface area contributed by atoms with E-state index in [1.165, 1.54) is 0 Å². The molecule has 0 radical (unpaired) electrons. The van der Waals surface area contributed by atoms with Crippen molar-refractivity contribution >= 4 is 23.2 Å². The first-order chi connectivity index (χ1) is 7.61. The highest BCUT2D eigenvalue weighted by Crippen LogP contribution is 2.24. The molecule has 0 aliphatic rings. The zero-order valence-electron chi connectivity index (χ0n) is 8.49. The van der Waals surface area contributed by atoms with Crippen LogP contribution in [0.5, 0.6) is 5.75 Å². The molecule has 5 heteroatoms. The summed E-state index contributed by atoms with van der Waals surface area (Å²) in [4.78, 5) is 0. The Morgan fingerprint density at radius 3 is 2.50 bits per heavy atom. The summed E-state index contributed by atoms with van der Waals surface area (Å²) < 4.78 is 5.35. The molecular weight excluding hydrogens is 249 g/mol. The number of halogens is 2. The highest BCUT2D eigenvalue weighted by molar-refractivity contribution is 6.34. The van der Waals surface area contributed by atoms with Crippen LogP contribution in [0.2, 0.25) is 10.0 Å². The molecule has 16 heavy (non-hydrogen) atoms. The average molecular weight is 260 g/mol. The summed E-state index contributed by atoms with van der Waals surface area (Å²) in [6.07, 6.45) is -0.142. The molecule has 1 rings (SSSR count). The third-order valence-corrected chi connectivity index (χ3v) is 2.32. The molecule has 0 aliphatic heterocycles. The molecule has 3 nitrogen and oxygen atoms in total. The van der Waals surface area contributed by atoms with Crippen LogP contribution in [0.25, 0.3) is 0 Å². The molecule has 0 aliphatic carbocycles. The number of aliphatic hydroxyl groups is 1. The topological polar surface area (TPSA) is 53.2 Å². The summed E-state index contributed by atoms with van der Waals surface area (Å²) in [6.45, 7) is 0.319. The highest BCUT2D eigenvalue weighted by Gasteiger charge is 2.04. The van der Waals surface area contributed by atoms with Gasteiger partial charge in [0.05, 0.1) is 25.2 Å². The van der Waals surface area contributed by atoms with Gasteiger partial charge in [-0.05, 0) is 18.2 Å². The van der Waals surface area contributed by atoms with Crippen LogP contribution in [0.4, 0.5) is 0 Å². The van der Waals surface area contributed by atoms with Gasteiger partial charge in [-0.3, -0.25) is 0 Å². The second kappa shape index (κ2) is 6.59. The number of nitriles is 1. The molecular formula is C11H11Cl2NO2. The number of benzene rings is 1. The lowest BCUT2D eigenvalue weighted by Gasteiger charge is -2.09. The predicted octanol–water partition coefficient (Wildman–Crippen LogP) is 3.04. The van der Waals surface area contributed by atoms with Crippen molar-refractivity contribution in [1.29, 1.82) is 5.26 Å². The highest BCUT2D eigenvalue weighted by atomic mass is 35.5. The maximum absolute atomic E-state index is 9.28. The Bertz CT molecular complexity index is 370. The minimum absolute atomic E-state index is 0.111. The third kappa shape index (κ3) is 4.71. The minimum atomic E-state index is -0.653. The lowest BCUT2D eigenvalue weighted by molar-refractivity contribution is 0.143. The van der Waals surface area contributed by atoms with Crippen molar-refractivity contribution in [1.82, 2.24) is 0 Å². The van der Waals surface area contributed by atoms with Gasteiger partial charge >= 0.3 is 0 Å². The maximum Gasteiger partial charge on any atom is 0.122 e.